The summed E-state index contributed by atoms with van der Waals surface area (Å²) in [4.78, 5) is 24.3. The van der Waals surface area contributed by atoms with Crippen LogP contribution in [0.3, 0.4) is 0 Å². The molecule has 3 N–H and O–H groups in total. The van der Waals surface area contributed by atoms with Crippen molar-refractivity contribution in [2.24, 2.45) is 5.41 Å². The van der Waals surface area contributed by atoms with E-state index < -0.39 is 5.97 Å². The van der Waals surface area contributed by atoms with Crippen molar-refractivity contribution in [3.63, 3.8) is 0 Å². The number of hydrogen-bond donors (Lipinski definition) is 3. The number of aliphatic hydroxyl groups is 1. The van der Waals surface area contributed by atoms with Crippen LogP contribution < -0.4 is 5.32 Å². The maximum absolute atomic E-state index is 12.1. The number of aliphatic carboxylic acids is 1. The highest BCUT2D eigenvalue weighted by Gasteiger charge is 2.27. The van der Waals surface area contributed by atoms with Crippen molar-refractivity contribution in [3.8, 4) is 0 Å². The molecule has 1 aliphatic heterocycles. The lowest BCUT2D eigenvalue weighted by Gasteiger charge is -2.34. The van der Waals surface area contributed by atoms with Gasteiger partial charge in [-0.25, -0.2) is 4.79 Å². The summed E-state index contributed by atoms with van der Waals surface area (Å²) in [5.74, 6) is -0.800. The Hall–Kier alpha value is -1.34. The lowest BCUT2D eigenvalue weighted by atomic mass is 9.84. The van der Waals surface area contributed by atoms with E-state index in [1.54, 1.807) is 4.90 Å². The number of ether oxygens (including phenoxy) is 1. The van der Waals surface area contributed by atoms with Gasteiger partial charge >= 0.3 is 12.0 Å². The zero-order valence-corrected chi connectivity index (χ0v) is 12.8. The lowest BCUT2D eigenvalue weighted by molar-refractivity contribution is -0.137. The van der Waals surface area contributed by atoms with Gasteiger partial charge in [0.25, 0.3) is 0 Å². The van der Waals surface area contributed by atoms with Crippen LogP contribution in [0.25, 0.3) is 0 Å². The summed E-state index contributed by atoms with van der Waals surface area (Å²) in [5, 5.41) is 20.8. The third-order valence-corrected chi connectivity index (χ3v) is 3.79. The van der Waals surface area contributed by atoms with Gasteiger partial charge in [0.2, 0.25) is 0 Å². The zero-order chi connectivity index (χ0) is 15.9. The van der Waals surface area contributed by atoms with Gasteiger partial charge < -0.3 is 25.2 Å². The highest BCUT2D eigenvalue weighted by Crippen LogP contribution is 2.26. The fraction of sp³-hybridized carbons (Fsp3) is 0.857. The quantitative estimate of drug-likeness (QED) is 0.642. The van der Waals surface area contributed by atoms with E-state index in [2.05, 4.69) is 5.32 Å². The average molecular weight is 302 g/mol. The summed E-state index contributed by atoms with van der Waals surface area (Å²) < 4.78 is 5.23. The van der Waals surface area contributed by atoms with E-state index in [0.717, 1.165) is 0 Å². The molecule has 1 rings (SSSR count). The Bertz CT molecular complexity index is 359. The Kier molecular flexibility index (Phi) is 6.91. The Morgan fingerprint density at radius 3 is 2.71 bits per heavy atom. The molecule has 1 unspecified atom stereocenters. The zero-order valence-electron chi connectivity index (χ0n) is 12.8. The monoisotopic (exact) mass is 302 g/mol. The average Bonchev–Trinajstić information content (AvgIpc) is 2.45. The summed E-state index contributed by atoms with van der Waals surface area (Å²) in [7, 11) is 0. The van der Waals surface area contributed by atoms with Crippen molar-refractivity contribution in [1.82, 2.24) is 10.2 Å². The molecular formula is C14H26N2O5. The Morgan fingerprint density at radius 1 is 1.38 bits per heavy atom. The van der Waals surface area contributed by atoms with Crippen LogP contribution in [0.4, 0.5) is 4.79 Å². The summed E-state index contributed by atoms with van der Waals surface area (Å²) in [6.45, 7) is 5.67. The van der Waals surface area contributed by atoms with E-state index in [-0.39, 0.29) is 30.5 Å². The molecule has 1 atom stereocenters. The first-order valence-electron chi connectivity index (χ1n) is 7.30. The number of carbonyl (C=O) groups excluding carboxylic acids is 1. The first kappa shape index (κ1) is 17.7. The van der Waals surface area contributed by atoms with Crippen molar-refractivity contribution >= 4 is 12.0 Å². The van der Waals surface area contributed by atoms with Crippen LogP contribution in [0.5, 0.6) is 0 Å². The molecule has 0 aromatic heterocycles. The van der Waals surface area contributed by atoms with E-state index in [1.165, 1.54) is 0 Å². The van der Waals surface area contributed by atoms with Gasteiger partial charge in [0.15, 0.2) is 0 Å². The smallest absolute Gasteiger partial charge is 0.317 e. The molecular weight excluding hydrogens is 276 g/mol. The fourth-order valence-electron chi connectivity index (χ4n) is 2.25. The molecule has 0 saturated carbocycles. The van der Waals surface area contributed by atoms with Gasteiger partial charge in [-0.15, -0.1) is 0 Å². The standard InChI is InChI=1S/C14H26N2O5/c1-14(2,4-3-12(18)19)5-6-15-13(20)16-7-8-21-10-11(16)9-17/h11,17H,3-10H2,1-2H3,(H,15,20)(H,18,19). The van der Waals surface area contributed by atoms with Gasteiger partial charge in [-0.1, -0.05) is 13.8 Å². The Labute approximate surface area is 125 Å². The molecule has 0 spiro atoms. The van der Waals surface area contributed by atoms with Crippen LogP contribution in [-0.4, -0.2) is 66.1 Å². The first-order valence-corrected chi connectivity index (χ1v) is 7.30. The first-order chi connectivity index (χ1) is 9.85. The SMILES string of the molecule is CC(C)(CCNC(=O)N1CCOCC1CO)CCC(=O)O. The number of carboxylic acids is 1. The molecule has 0 aromatic rings. The second kappa shape index (κ2) is 8.19. The number of nitrogens with zero attached hydrogens (tertiary/aromatic N) is 1. The minimum Gasteiger partial charge on any atom is -0.481 e. The van der Waals surface area contributed by atoms with Crippen molar-refractivity contribution < 1.29 is 24.5 Å². The minimum absolute atomic E-state index is 0.114. The molecule has 1 saturated heterocycles. The topological polar surface area (TPSA) is 99.1 Å². The Balaban J connectivity index is 2.33. The predicted molar refractivity (Wildman–Crippen MR) is 77.1 cm³/mol. The number of nitrogens with one attached hydrogen (secondary N) is 1. The molecule has 1 fully saturated rings. The molecule has 0 aromatic carbocycles. The summed E-state index contributed by atoms with van der Waals surface area (Å²) in [6, 6.07) is -0.495. The second-order valence-corrected chi connectivity index (χ2v) is 6.14. The van der Waals surface area contributed by atoms with Gasteiger partial charge in [-0.2, -0.15) is 0 Å². The lowest BCUT2D eigenvalue weighted by Crippen LogP contribution is -2.54. The number of carboxylic acid groups (broad SMARTS) is 1. The van der Waals surface area contributed by atoms with Crippen LogP contribution >= 0.6 is 0 Å². The van der Waals surface area contributed by atoms with Crippen molar-refractivity contribution in [2.45, 2.75) is 39.2 Å². The number of urea groups is 1. The van der Waals surface area contributed by atoms with E-state index in [4.69, 9.17) is 9.84 Å². The minimum atomic E-state index is -0.800. The van der Waals surface area contributed by atoms with Gasteiger partial charge in [-0.3, -0.25) is 4.79 Å². The molecule has 7 heteroatoms. The van der Waals surface area contributed by atoms with Gasteiger partial charge in [0.1, 0.15) is 0 Å². The van der Waals surface area contributed by atoms with Crippen molar-refractivity contribution in [1.29, 1.82) is 0 Å². The molecule has 0 radical (unpaired) electrons. The van der Waals surface area contributed by atoms with E-state index in [9.17, 15) is 14.7 Å². The number of carbonyl (C=O) groups is 2. The van der Waals surface area contributed by atoms with Crippen LogP contribution in [0.2, 0.25) is 0 Å². The highest BCUT2D eigenvalue weighted by atomic mass is 16.5. The third kappa shape index (κ3) is 6.31. The molecule has 1 aliphatic rings. The van der Waals surface area contributed by atoms with Crippen molar-refractivity contribution in [2.75, 3.05) is 32.9 Å². The fourth-order valence-corrected chi connectivity index (χ4v) is 2.25. The van der Waals surface area contributed by atoms with E-state index in [1.807, 2.05) is 13.8 Å². The maximum Gasteiger partial charge on any atom is 0.317 e. The Morgan fingerprint density at radius 2 is 2.10 bits per heavy atom. The molecule has 0 aliphatic carbocycles. The number of morpholine rings is 1. The largest absolute Gasteiger partial charge is 0.481 e. The van der Waals surface area contributed by atoms with Crippen LogP contribution in [0.15, 0.2) is 0 Å². The number of rotatable bonds is 7. The molecule has 2 amide bonds. The van der Waals surface area contributed by atoms with Crippen LogP contribution in [-0.2, 0) is 9.53 Å². The highest BCUT2D eigenvalue weighted by molar-refractivity contribution is 5.74. The number of hydrogen-bond acceptors (Lipinski definition) is 4. The second-order valence-electron chi connectivity index (χ2n) is 6.14. The third-order valence-electron chi connectivity index (χ3n) is 3.79. The molecule has 122 valence electrons. The van der Waals surface area contributed by atoms with Gasteiger partial charge in [0, 0.05) is 19.5 Å². The predicted octanol–water partition coefficient (Wildman–Crippen LogP) is 0.670. The van der Waals surface area contributed by atoms with Gasteiger partial charge in [0.05, 0.1) is 25.9 Å². The van der Waals surface area contributed by atoms with Crippen LogP contribution in [0, 0.1) is 5.41 Å². The molecule has 0 bridgehead atoms. The normalized spacial score (nSPS) is 19.4. The van der Waals surface area contributed by atoms with E-state index >= 15 is 0 Å². The molecule has 1 heterocycles. The number of aliphatic hydroxyl groups excluding tert-OH is 1. The summed E-state index contributed by atoms with van der Waals surface area (Å²) in [6.07, 6.45) is 1.42. The maximum atomic E-state index is 12.1. The summed E-state index contributed by atoms with van der Waals surface area (Å²) in [5.41, 5.74) is -0.132. The molecule has 21 heavy (non-hydrogen) atoms. The van der Waals surface area contributed by atoms with Crippen molar-refractivity contribution in [3.05, 3.63) is 0 Å². The summed E-state index contributed by atoms with van der Waals surface area (Å²) >= 11 is 0. The van der Waals surface area contributed by atoms with Crippen LogP contribution in [0.1, 0.15) is 33.1 Å². The number of amides is 2. The van der Waals surface area contributed by atoms with Gasteiger partial charge in [-0.05, 0) is 18.3 Å². The molecule has 7 nitrogen and oxygen atoms in total. The van der Waals surface area contributed by atoms with E-state index in [0.29, 0.717) is 39.1 Å².